The van der Waals surface area contributed by atoms with Crippen LogP contribution in [0.4, 0.5) is 11.8 Å². The van der Waals surface area contributed by atoms with Gasteiger partial charge in [-0.25, -0.2) is 10.4 Å². The Bertz CT molecular complexity index is 1450. The number of benzene rings is 2. The largest absolute Gasteiger partial charge is 0.378 e. The lowest BCUT2D eigenvalue weighted by molar-refractivity contribution is 0.122. The zero-order chi connectivity index (χ0) is 22.7. The summed E-state index contributed by atoms with van der Waals surface area (Å²) in [6.07, 6.45) is 1.74. The average Bonchev–Trinajstić information content (AvgIpc) is 3.50. The molecule has 1 fully saturated rings. The van der Waals surface area contributed by atoms with Gasteiger partial charge in [-0.15, -0.1) is 11.3 Å². The van der Waals surface area contributed by atoms with E-state index in [2.05, 4.69) is 44.7 Å². The second-order valence-electron chi connectivity index (χ2n) is 8.02. The van der Waals surface area contributed by atoms with Crippen LogP contribution in [0.5, 0.6) is 0 Å². The minimum absolute atomic E-state index is 0.469. The van der Waals surface area contributed by atoms with Gasteiger partial charge in [0.05, 0.1) is 41.7 Å². The molecule has 170 valence electrons. The first kappa shape index (κ1) is 20.8. The van der Waals surface area contributed by atoms with E-state index in [0.717, 1.165) is 45.7 Å². The zero-order valence-electron chi connectivity index (χ0n) is 18.5. The smallest absolute Gasteiger partial charge is 0.246 e. The number of nitrogens with zero attached hydrogens (tertiary/aromatic N) is 6. The van der Waals surface area contributed by atoms with E-state index in [0.29, 0.717) is 25.7 Å². The van der Waals surface area contributed by atoms with E-state index in [1.807, 2.05) is 46.5 Å². The molecule has 34 heavy (non-hydrogen) atoms. The molecule has 0 spiro atoms. The molecule has 3 aromatic heterocycles. The third-order valence-corrected chi connectivity index (χ3v) is 6.71. The Hall–Kier alpha value is -3.82. The van der Waals surface area contributed by atoms with E-state index in [-0.39, 0.29) is 0 Å². The fourth-order valence-corrected chi connectivity index (χ4v) is 5.01. The van der Waals surface area contributed by atoms with E-state index >= 15 is 0 Å². The summed E-state index contributed by atoms with van der Waals surface area (Å²) in [7, 11) is 0. The maximum absolute atomic E-state index is 5.50. The van der Waals surface area contributed by atoms with Crippen LogP contribution in [-0.4, -0.2) is 52.3 Å². The minimum atomic E-state index is 0.469. The molecule has 0 aliphatic carbocycles. The number of hydrogen-bond acceptors (Lipinski definition) is 8. The minimum Gasteiger partial charge on any atom is -0.378 e. The molecule has 2 aromatic carbocycles. The Balaban J connectivity index is 1.28. The maximum atomic E-state index is 5.50. The summed E-state index contributed by atoms with van der Waals surface area (Å²) in [5.74, 6) is 1.40. The number of para-hydroxylation sites is 1. The van der Waals surface area contributed by atoms with Crippen LogP contribution in [0.2, 0.25) is 0 Å². The molecular weight excluding hydrogens is 446 g/mol. The van der Waals surface area contributed by atoms with Gasteiger partial charge in [-0.05, 0) is 23.1 Å². The molecule has 0 atom stereocenters. The highest BCUT2D eigenvalue weighted by Gasteiger charge is 2.18. The second kappa shape index (κ2) is 9.20. The fraction of sp³-hybridized carbons (Fsp3) is 0.200. The topological polar surface area (TPSA) is 80.5 Å². The molecule has 9 heteroatoms. The number of aromatic nitrogens is 4. The molecule has 0 amide bonds. The van der Waals surface area contributed by atoms with E-state index in [1.165, 1.54) is 5.56 Å². The van der Waals surface area contributed by atoms with Crippen molar-refractivity contribution in [2.75, 3.05) is 36.6 Å². The third-order valence-electron chi connectivity index (χ3n) is 5.81. The van der Waals surface area contributed by atoms with Crippen LogP contribution in [0.25, 0.3) is 21.1 Å². The Morgan fingerprint density at radius 1 is 1.00 bits per heavy atom. The number of fused-ring (bicyclic) bond motifs is 2. The van der Waals surface area contributed by atoms with Crippen molar-refractivity contribution < 1.29 is 4.74 Å². The lowest BCUT2D eigenvalue weighted by atomic mass is 10.2. The first-order valence-electron chi connectivity index (χ1n) is 11.2. The number of morpholine rings is 1. The van der Waals surface area contributed by atoms with Crippen LogP contribution < -0.4 is 10.3 Å². The summed E-state index contributed by atoms with van der Waals surface area (Å²) in [5.41, 5.74) is 7.00. The van der Waals surface area contributed by atoms with Gasteiger partial charge < -0.3 is 9.64 Å². The monoisotopic (exact) mass is 469 g/mol. The number of thiophene rings is 1. The molecular formula is C25H23N7OS. The van der Waals surface area contributed by atoms with E-state index in [1.54, 1.807) is 17.6 Å². The number of nitrogens with one attached hydrogen (secondary N) is 1. The first-order chi connectivity index (χ1) is 16.8. The van der Waals surface area contributed by atoms with Gasteiger partial charge in [0.2, 0.25) is 5.95 Å². The van der Waals surface area contributed by atoms with Crippen LogP contribution in [-0.2, 0) is 11.3 Å². The summed E-state index contributed by atoms with van der Waals surface area (Å²) in [6, 6.07) is 20.5. The Kier molecular flexibility index (Phi) is 5.62. The van der Waals surface area contributed by atoms with Gasteiger partial charge in [-0.2, -0.15) is 15.2 Å². The van der Waals surface area contributed by atoms with Crippen molar-refractivity contribution in [1.82, 2.24) is 19.7 Å². The van der Waals surface area contributed by atoms with Crippen molar-refractivity contribution in [3.05, 3.63) is 77.3 Å². The van der Waals surface area contributed by atoms with Crippen molar-refractivity contribution >= 4 is 50.4 Å². The quantitative estimate of drug-likeness (QED) is 0.294. The highest BCUT2D eigenvalue weighted by atomic mass is 32.1. The molecule has 8 nitrogen and oxygen atoms in total. The van der Waals surface area contributed by atoms with Crippen LogP contribution in [0, 0.1) is 0 Å². The van der Waals surface area contributed by atoms with E-state index in [4.69, 9.17) is 14.8 Å². The molecule has 0 bridgehead atoms. The van der Waals surface area contributed by atoms with E-state index in [9.17, 15) is 0 Å². The number of ether oxygens (including phenoxy) is 1. The van der Waals surface area contributed by atoms with Crippen molar-refractivity contribution in [3.63, 3.8) is 0 Å². The Morgan fingerprint density at radius 3 is 2.71 bits per heavy atom. The predicted octanol–water partition coefficient (Wildman–Crippen LogP) is 4.37. The zero-order valence-corrected chi connectivity index (χ0v) is 19.3. The van der Waals surface area contributed by atoms with Gasteiger partial charge in [0, 0.05) is 18.5 Å². The first-order valence-corrected chi connectivity index (χ1v) is 12.1. The van der Waals surface area contributed by atoms with Crippen LogP contribution in [0.15, 0.2) is 71.1 Å². The third kappa shape index (κ3) is 4.11. The Morgan fingerprint density at radius 2 is 1.82 bits per heavy atom. The van der Waals surface area contributed by atoms with Gasteiger partial charge in [0.1, 0.15) is 5.69 Å². The van der Waals surface area contributed by atoms with Crippen LogP contribution in [0.3, 0.4) is 0 Å². The van der Waals surface area contributed by atoms with Crippen molar-refractivity contribution in [1.29, 1.82) is 0 Å². The summed E-state index contributed by atoms with van der Waals surface area (Å²) < 4.78 is 8.60. The van der Waals surface area contributed by atoms with Crippen molar-refractivity contribution in [2.24, 2.45) is 5.10 Å². The summed E-state index contributed by atoms with van der Waals surface area (Å²) in [4.78, 5) is 11.7. The lowest BCUT2D eigenvalue weighted by Gasteiger charge is -2.28. The summed E-state index contributed by atoms with van der Waals surface area (Å²) in [6.45, 7) is 3.74. The normalized spacial score (nSPS) is 14.4. The summed E-state index contributed by atoms with van der Waals surface area (Å²) >= 11 is 1.66. The van der Waals surface area contributed by atoms with Gasteiger partial charge in [0.25, 0.3) is 0 Å². The number of rotatable bonds is 6. The predicted molar refractivity (Wildman–Crippen MR) is 137 cm³/mol. The van der Waals surface area contributed by atoms with Gasteiger partial charge in [0.15, 0.2) is 5.82 Å². The molecule has 1 aliphatic heterocycles. The number of hydrazone groups is 1. The maximum Gasteiger partial charge on any atom is 0.246 e. The van der Waals surface area contributed by atoms with E-state index < -0.39 is 0 Å². The fourth-order valence-electron chi connectivity index (χ4n) is 4.16. The molecule has 6 rings (SSSR count). The highest BCUT2D eigenvalue weighted by Crippen LogP contribution is 2.30. The standard InChI is InChI=1S/C25H23N7OS/c1-2-6-18(7-3-1)17-32-22-9-5-4-8-19(22)21(30-32)16-26-29-25-27-20-10-15-34-23(20)24(28-25)31-11-13-33-14-12-31/h1-10,15-16H,11-14,17H2,(H,27,28,29)/b26-16+. The molecule has 0 radical (unpaired) electrons. The highest BCUT2D eigenvalue weighted by molar-refractivity contribution is 7.17. The Labute approximate surface area is 200 Å². The van der Waals surface area contributed by atoms with Gasteiger partial charge in [-0.1, -0.05) is 48.5 Å². The molecule has 0 unspecified atom stereocenters. The van der Waals surface area contributed by atoms with Crippen molar-refractivity contribution in [2.45, 2.75) is 6.54 Å². The average molecular weight is 470 g/mol. The van der Waals surface area contributed by atoms with Gasteiger partial charge in [-0.3, -0.25) is 4.68 Å². The molecule has 1 saturated heterocycles. The number of hydrogen-bond donors (Lipinski definition) is 1. The summed E-state index contributed by atoms with van der Waals surface area (Å²) in [5, 5.41) is 12.4. The van der Waals surface area contributed by atoms with Crippen LogP contribution >= 0.6 is 11.3 Å². The second-order valence-corrected chi connectivity index (χ2v) is 8.94. The molecule has 0 saturated carbocycles. The van der Waals surface area contributed by atoms with Crippen molar-refractivity contribution in [3.8, 4) is 0 Å². The molecule has 1 N–H and O–H groups in total. The van der Waals surface area contributed by atoms with Gasteiger partial charge >= 0.3 is 0 Å². The molecule has 4 heterocycles. The lowest BCUT2D eigenvalue weighted by Crippen LogP contribution is -2.36. The number of anilines is 2. The van der Waals surface area contributed by atoms with Crippen LogP contribution in [0.1, 0.15) is 11.3 Å². The molecule has 5 aromatic rings. The molecule has 1 aliphatic rings. The SMILES string of the molecule is C(=N\Nc1nc(N2CCOCC2)c2sccc2n1)/c1nn(Cc2ccccc2)c2ccccc12.